The Morgan fingerprint density at radius 2 is 1.57 bits per heavy atom. The quantitative estimate of drug-likeness (QED) is 0.470. The van der Waals surface area contributed by atoms with Crippen molar-refractivity contribution in [2.75, 3.05) is 35.6 Å². The van der Waals surface area contributed by atoms with Crippen molar-refractivity contribution in [3.05, 3.63) is 84.4 Å². The Labute approximate surface area is 205 Å². The van der Waals surface area contributed by atoms with Gasteiger partial charge < -0.3 is 9.64 Å². The van der Waals surface area contributed by atoms with Gasteiger partial charge >= 0.3 is 0 Å². The minimum absolute atomic E-state index is 0.285. The molecule has 0 aromatic heterocycles. The van der Waals surface area contributed by atoms with Crippen molar-refractivity contribution in [2.45, 2.75) is 25.5 Å². The summed E-state index contributed by atoms with van der Waals surface area (Å²) in [7, 11) is 3.96. The number of amides is 2. The lowest BCUT2D eigenvalue weighted by Crippen LogP contribution is -2.37. The summed E-state index contributed by atoms with van der Waals surface area (Å²) >= 11 is 0. The summed E-state index contributed by atoms with van der Waals surface area (Å²) in [5.41, 5.74) is 3.21. The zero-order valence-electron chi connectivity index (χ0n) is 20.1. The molecule has 3 aromatic carbocycles. The van der Waals surface area contributed by atoms with Gasteiger partial charge in [-0.05, 0) is 48.4 Å². The highest BCUT2D eigenvalue weighted by molar-refractivity contribution is 6.24. The third-order valence-electron chi connectivity index (χ3n) is 6.44. The minimum atomic E-state index is -0.916. The van der Waals surface area contributed by atoms with Crippen LogP contribution < -0.4 is 19.6 Å². The van der Waals surface area contributed by atoms with Gasteiger partial charge in [-0.25, -0.2) is 9.96 Å². The van der Waals surface area contributed by atoms with Crippen LogP contribution in [0.4, 0.5) is 17.1 Å². The Morgan fingerprint density at radius 1 is 0.886 bits per heavy atom. The van der Waals surface area contributed by atoms with Crippen LogP contribution in [0.2, 0.25) is 0 Å². The second-order valence-electron chi connectivity index (χ2n) is 8.97. The lowest BCUT2D eigenvalue weighted by atomic mass is 9.90. The van der Waals surface area contributed by atoms with Crippen LogP contribution in [-0.2, 0) is 14.4 Å². The van der Waals surface area contributed by atoms with Crippen LogP contribution in [0.25, 0.3) is 0 Å². The minimum Gasteiger partial charge on any atom is -0.491 e. The Bertz CT molecular complexity index is 1210. The van der Waals surface area contributed by atoms with Crippen LogP contribution >= 0.6 is 0 Å². The summed E-state index contributed by atoms with van der Waals surface area (Å²) < 4.78 is 5.85. The molecule has 2 fully saturated rings. The monoisotopic (exact) mass is 471 g/mol. The van der Waals surface area contributed by atoms with Gasteiger partial charge in [0.25, 0.3) is 5.91 Å². The van der Waals surface area contributed by atoms with Gasteiger partial charge in [-0.15, -0.1) is 0 Å². The second kappa shape index (κ2) is 9.43. The number of para-hydroxylation sites is 3. The number of carbonyl (C=O) groups is 2. The van der Waals surface area contributed by atoms with E-state index in [-0.39, 0.29) is 11.8 Å². The van der Waals surface area contributed by atoms with Gasteiger partial charge in [0.1, 0.15) is 11.7 Å². The molecule has 7 nitrogen and oxygen atoms in total. The van der Waals surface area contributed by atoms with E-state index in [1.165, 1.54) is 4.90 Å². The fraction of sp³-hybridized carbons (Fsp3) is 0.286. The van der Waals surface area contributed by atoms with Gasteiger partial charge in [0.15, 0.2) is 6.10 Å². The number of rotatable bonds is 7. The van der Waals surface area contributed by atoms with Crippen LogP contribution in [-0.4, -0.2) is 38.6 Å². The molecule has 3 atom stereocenters. The van der Waals surface area contributed by atoms with Gasteiger partial charge in [-0.3, -0.25) is 14.4 Å². The lowest BCUT2D eigenvalue weighted by Gasteiger charge is -2.29. The number of fused-ring (bicyclic) bond motifs is 1. The maximum Gasteiger partial charge on any atom is 0.266 e. The Hall–Kier alpha value is -3.84. The van der Waals surface area contributed by atoms with Crippen molar-refractivity contribution in [1.29, 1.82) is 0 Å². The molecule has 0 unspecified atom stereocenters. The first-order valence-electron chi connectivity index (χ1n) is 11.9. The maximum atomic E-state index is 13.9. The Morgan fingerprint density at radius 3 is 2.26 bits per heavy atom. The van der Waals surface area contributed by atoms with Crippen LogP contribution in [0, 0.1) is 5.92 Å². The summed E-state index contributed by atoms with van der Waals surface area (Å²) in [5.74, 6) is -0.830. The number of hydroxylamine groups is 1. The van der Waals surface area contributed by atoms with Crippen molar-refractivity contribution in [3.8, 4) is 5.75 Å². The number of nitrogens with zero attached hydrogens (tertiary/aromatic N) is 3. The predicted molar refractivity (Wildman–Crippen MR) is 136 cm³/mol. The summed E-state index contributed by atoms with van der Waals surface area (Å²) in [6.07, 6.45) is -0.0952. The predicted octanol–water partition coefficient (Wildman–Crippen LogP) is 4.59. The molecule has 2 saturated heterocycles. The molecule has 35 heavy (non-hydrogen) atoms. The standard InChI is InChI=1S/C28H29N3O4/c1-4-18-34-23-13-9-8-12-22(23)30-27(32)24-25(19-14-16-20(17-15-19)29(2)3)31(35-26(24)28(30)33)21-10-6-5-7-11-21/h5-17,24-26H,4,18H2,1-3H3/t24-,25+,26-/m0/s1. The first-order chi connectivity index (χ1) is 17.0. The maximum absolute atomic E-state index is 13.9. The molecule has 180 valence electrons. The number of benzene rings is 3. The van der Waals surface area contributed by atoms with E-state index in [1.54, 1.807) is 23.3 Å². The lowest BCUT2D eigenvalue weighted by molar-refractivity contribution is -0.126. The van der Waals surface area contributed by atoms with Crippen molar-refractivity contribution in [1.82, 2.24) is 0 Å². The Kier molecular flexibility index (Phi) is 6.17. The first kappa shape index (κ1) is 22.9. The molecule has 0 bridgehead atoms. The average molecular weight is 472 g/mol. The van der Waals surface area contributed by atoms with Crippen molar-refractivity contribution < 1.29 is 19.2 Å². The van der Waals surface area contributed by atoms with E-state index in [0.717, 1.165) is 23.4 Å². The summed E-state index contributed by atoms with van der Waals surface area (Å²) in [4.78, 5) is 37.0. The molecule has 2 aliphatic rings. The van der Waals surface area contributed by atoms with Gasteiger partial charge in [-0.1, -0.05) is 49.4 Å². The van der Waals surface area contributed by atoms with Crippen LogP contribution in [0.5, 0.6) is 5.75 Å². The SMILES string of the molecule is CCCOc1ccccc1N1C(=O)[C@@H]2[C@H](ON(c3ccccc3)[C@@H]2c2ccc(N(C)C)cc2)C1=O. The molecule has 0 saturated carbocycles. The molecule has 5 rings (SSSR count). The number of hydrogen-bond donors (Lipinski definition) is 0. The Balaban J connectivity index is 1.55. The van der Waals surface area contributed by atoms with E-state index in [4.69, 9.17) is 9.57 Å². The summed E-state index contributed by atoms with van der Waals surface area (Å²) in [6, 6.07) is 24.3. The molecule has 0 radical (unpaired) electrons. The largest absolute Gasteiger partial charge is 0.491 e. The van der Waals surface area contributed by atoms with E-state index in [2.05, 4.69) is 0 Å². The van der Waals surface area contributed by atoms with Gasteiger partial charge in [0.2, 0.25) is 5.91 Å². The van der Waals surface area contributed by atoms with Gasteiger partial charge in [0.05, 0.1) is 24.0 Å². The fourth-order valence-electron chi connectivity index (χ4n) is 4.74. The molecule has 0 N–H and O–H groups in total. The van der Waals surface area contributed by atoms with Crippen molar-refractivity contribution >= 4 is 28.9 Å². The van der Waals surface area contributed by atoms with Crippen LogP contribution in [0.15, 0.2) is 78.9 Å². The number of anilines is 3. The highest BCUT2D eigenvalue weighted by Gasteiger charge is 2.60. The van der Waals surface area contributed by atoms with E-state index in [0.29, 0.717) is 18.0 Å². The van der Waals surface area contributed by atoms with E-state index in [9.17, 15) is 9.59 Å². The van der Waals surface area contributed by atoms with Gasteiger partial charge in [-0.2, -0.15) is 0 Å². The number of ether oxygens (including phenoxy) is 1. The molecule has 2 heterocycles. The zero-order chi connectivity index (χ0) is 24.5. The number of hydrogen-bond acceptors (Lipinski definition) is 6. The average Bonchev–Trinajstić information content (AvgIpc) is 3.39. The third-order valence-corrected chi connectivity index (χ3v) is 6.44. The third kappa shape index (κ3) is 4.02. The molecule has 2 amide bonds. The highest BCUT2D eigenvalue weighted by atomic mass is 16.7. The molecule has 2 aliphatic heterocycles. The fourth-order valence-corrected chi connectivity index (χ4v) is 4.74. The van der Waals surface area contributed by atoms with Crippen molar-refractivity contribution in [2.24, 2.45) is 5.92 Å². The molecular weight excluding hydrogens is 442 g/mol. The van der Waals surface area contributed by atoms with Gasteiger partial charge in [0, 0.05) is 19.8 Å². The van der Waals surface area contributed by atoms with E-state index >= 15 is 0 Å². The first-order valence-corrected chi connectivity index (χ1v) is 11.9. The number of carbonyl (C=O) groups excluding carboxylic acids is 2. The topological polar surface area (TPSA) is 62.3 Å². The second-order valence-corrected chi connectivity index (χ2v) is 8.97. The number of imide groups is 1. The smallest absolute Gasteiger partial charge is 0.266 e. The normalized spacial score (nSPS) is 21.4. The zero-order valence-corrected chi connectivity index (χ0v) is 20.1. The van der Waals surface area contributed by atoms with E-state index in [1.807, 2.05) is 86.6 Å². The van der Waals surface area contributed by atoms with Crippen LogP contribution in [0.1, 0.15) is 24.9 Å². The molecule has 3 aromatic rings. The molecule has 7 heteroatoms. The molecular formula is C28H29N3O4. The van der Waals surface area contributed by atoms with E-state index < -0.39 is 18.1 Å². The van der Waals surface area contributed by atoms with Crippen molar-refractivity contribution in [3.63, 3.8) is 0 Å². The summed E-state index contributed by atoms with van der Waals surface area (Å²) in [5, 5.41) is 1.71. The summed E-state index contributed by atoms with van der Waals surface area (Å²) in [6.45, 7) is 2.51. The van der Waals surface area contributed by atoms with Crippen LogP contribution in [0.3, 0.4) is 0 Å². The molecule has 0 aliphatic carbocycles. The molecule has 0 spiro atoms. The highest BCUT2D eigenvalue weighted by Crippen LogP contribution is 2.48.